The van der Waals surface area contributed by atoms with E-state index in [1.165, 1.54) is 6.07 Å². The van der Waals surface area contributed by atoms with E-state index in [4.69, 9.17) is 5.84 Å². The zero-order chi connectivity index (χ0) is 14.8. The van der Waals surface area contributed by atoms with Crippen molar-refractivity contribution >= 4 is 0 Å². The van der Waals surface area contributed by atoms with Crippen LogP contribution in [0.3, 0.4) is 0 Å². The van der Waals surface area contributed by atoms with Gasteiger partial charge in [0.25, 0.3) is 0 Å². The molecule has 0 bridgehead atoms. The van der Waals surface area contributed by atoms with E-state index in [-0.39, 0.29) is 5.41 Å². The Morgan fingerprint density at radius 1 is 1.26 bits per heavy atom. The van der Waals surface area contributed by atoms with Crippen LogP contribution in [0.1, 0.15) is 44.4 Å². The van der Waals surface area contributed by atoms with Crippen molar-refractivity contribution < 1.29 is 17.6 Å². The molecule has 0 amide bonds. The quantitative estimate of drug-likeness (QED) is 0.499. The van der Waals surface area contributed by atoms with Gasteiger partial charge in [0.15, 0.2) is 0 Å². The number of alkyl halides is 3. The standard InChI is InChI=1S/C13H18F4N2/c1-4-12(2,3)11(19-18)8-5-6-9(10(14)7-8)13(15,16)17/h5-7,11,19H,4,18H2,1-3H3. The number of hydrogen-bond acceptors (Lipinski definition) is 2. The number of nitrogens with two attached hydrogens (primary N) is 1. The van der Waals surface area contributed by atoms with E-state index in [1.807, 2.05) is 20.8 Å². The molecule has 1 aromatic carbocycles. The van der Waals surface area contributed by atoms with E-state index >= 15 is 0 Å². The normalized spacial score (nSPS) is 14.5. The Morgan fingerprint density at radius 3 is 2.21 bits per heavy atom. The molecule has 0 saturated heterocycles. The van der Waals surface area contributed by atoms with Crippen LogP contribution in [0, 0.1) is 11.2 Å². The van der Waals surface area contributed by atoms with Crippen molar-refractivity contribution in [3.8, 4) is 0 Å². The minimum Gasteiger partial charge on any atom is -0.271 e. The van der Waals surface area contributed by atoms with Crippen LogP contribution in [0.4, 0.5) is 17.6 Å². The number of benzene rings is 1. The molecular formula is C13H18F4N2. The monoisotopic (exact) mass is 278 g/mol. The van der Waals surface area contributed by atoms with E-state index in [0.29, 0.717) is 5.56 Å². The van der Waals surface area contributed by atoms with E-state index in [1.54, 1.807) is 0 Å². The van der Waals surface area contributed by atoms with Crippen LogP contribution >= 0.6 is 0 Å². The van der Waals surface area contributed by atoms with Crippen LogP contribution < -0.4 is 11.3 Å². The van der Waals surface area contributed by atoms with Crippen LogP contribution in [-0.4, -0.2) is 0 Å². The van der Waals surface area contributed by atoms with Crippen LogP contribution in [0.5, 0.6) is 0 Å². The number of rotatable bonds is 4. The summed E-state index contributed by atoms with van der Waals surface area (Å²) in [5.41, 5.74) is 1.38. The third-order valence-corrected chi connectivity index (χ3v) is 3.49. The predicted molar refractivity (Wildman–Crippen MR) is 65.5 cm³/mol. The van der Waals surface area contributed by atoms with Crippen LogP contribution in [0.2, 0.25) is 0 Å². The molecule has 0 saturated carbocycles. The van der Waals surface area contributed by atoms with Gasteiger partial charge in [0.1, 0.15) is 5.82 Å². The Hall–Kier alpha value is -1.14. The number of hydrazine groups is 1. The third kappa shape index (κ3) is 3.45. The van der Waals surface area contributed by atoms with Gasteiger partial charge in [0.2, 0.25) is 0 Å². The zero-order valence-corrected chi connectivity index (χ0v) is 11.1. The predicted octanol–water partition coefficient (Wildman–Crippen LogP) is 3.79. The van der Waals surface area contributed by atoms with E-state index in [9.17, 15) is 17.6 Å². The summed E-state index contributed by atoms with van der Waals surface area (Å²) in [6.07, 6.45) is -3.95. The van der Waals surface area contributed by atoms with E-state index in [0.717, 1.165) is 18.6 Å². The zero-order valence-electron chi connectivity index (χ0n) is 11.1. The molecule has 0 spiro atoms. The van der Waals surface area contributed by atoms with Gasteiger partial charge in [-0.05, 0) is 29.5 Å². The second-order valence-corrected chi connectivity index (χ2v) is 5.18. The summed E-state index contributed by atoms with van der Waals surface area (Å²) in [5.74, 6) is 4.17. The van der Waals surface area contributed by atoms with Crippen LogP contribution in [0.15, 0.2) is 18.2 Å². The van der Waals surface area contributed by atoms with Gasteiger partial charge in [-0.2, -0.15) is 13.2 Å². The second-order valence-electron chi connectivity index (χ2n) is 5.18. The summed E-state index contributed by atoms with van der Waals surface area (Å²) < 4.78 is 51.0. The highest BCUT2D eigenvalue weighted by molar-refractivity contribution is 5.29. The molecule has 2 nitrogen and oxygen atoms in total. The Kier molecular flexibility index (Phi) is 4.58. The smallest absolute Gasteiger partial charge is 0.271 e. The summed E-state index contributed by atoms with van der Waals surface area (Å²) in [5, 5.41) is 0. The highest BCUT2D eigenvalue weighted by Crippen LogP contribution is 2.38. The van der Waals surface area contributed by atoms with Gasteiger partial charge in [-0.15, -0.1) is 0 Å². The molecule has 1 rings (SSSR count). The lowest BCUT2D eigenvalue weighted by atomic mass is 9.78. The fourth-order valence-electron chi connectivity index (χ4n) is 1.92. The fourth-order valence-corrected chi connectivity index (χ4v) is 1.92. The molecule has 0 radical (unpaired) electrons. The molecule has 0 fully saturated rings. The molecule has 0 aliphatic heterocycles. The van der Waals surface area contributed by atoms with Crippen molar-refractivity contribution in [2.75, 3.05) is 0 Å². The first-order chi connectivity index (χ1) is 8.63. The van der Waals surface area contributed by atoms with Crippen molar-refractivity contribution in [1.29, 1.82) is 0 Å². The van der Waals surface area contributed by atoms with E-state index in [2.05, 4.69) is 5.43 Å². The van der Waals surface area contributed by atoms with Crippen molar-refractivity contribution in [2.24, 2.45) is 11.3 Å². The Labute approximate surface area is 110 Å². The van der Waals surface area contributed by atoms with Crippen LogP contribution in [0.25, 0.3) is 0 Å². The van der Waals surface area contributed by atoms with Crippen molar-refractivity contribution in [3.63, 3.8) is 0 Å². The summed E-state index contributed by atoms with van der Waals surface area (Å²) in [4.78, 5) is 0. The van der Waals surface area contributed by atoms with Crippen LogP contribution in [-0.2, 0) is 6.18 Å². The van der Waals surface area contributed by atoms with Gasteiger partial charge < -0.3 is 0 Å². The Bertz CT molecular complexity index is 441. The third-order valence-electron chi connectivity index (χ3n) is 3.49. The molecular weight excluding hydrogens is 260 g/mol. The first-order valence-electron chi connectivity index (χ1n) is 5.96. The molecule has 0 heterocycles. The largest absolute Gasteiger partial charge is 0.419 e. The molecule has 0 aliphatic rings. The number of hydrogen-bond donors (Lipinski definition) is 2. The number of halogens is 4. The highest BCUT2D eigenvalue weighted by atomic mass is 19.4. The van der Waals surface area contributed by atoms with E-state index < -0.39 is 23.6 Å². The lowest BCUT2D eigenvalue weighted by Crippen LogP contribution is -2.38. The average Bonchev–Trinajstić information content (AvgIpc) is 2.28. The van der Waals surface area contributed by atoms with Gasteiger partial charge >= 0.3 is 6.18 Å². The lowest BCUT2D eigenvalue weighted by molar-refractivity contribution is -0.140. The lowest BCUT2D eigenvalue weighted by Gasteiger charge is -2.33. The maximum absolute atomic E-state index is 13.5. The van der Waals surface area contributed by atoms with Gasteiger partial charge in [0.05, 0.1) is 11.6 Å². The van der Waals surface area contributed by atoms with Crippen molar-refractivity contribution in [2.45, 2.75) is 39.4 Å². The van der Waals surface area contributed by atoms with Crippen molar-refractivity contribution in [1.82, 2.24) is 5.43 Å². The summed E-state index contributed by atoms with van der Waals surface area (Å²) in [6, 6.07) is 2.48. The first kappa shape index (κ1) is 15.9. The van der Waals surface area contributed by atoms with Gasteiger partial charge in [-0.3, -0.25) is 11.3 Å². The molecule has 1 aromatic rings. The van der Waals surface area contributed by atoms with Crippen molar-refractivity contribution in [3.05, 3.63) is 35.1 Å². The minimum absolute atomic E-state index is 0.305. The summed E-state index contributed by atoms with van der Waals surface area (Å²) in [6.45, 7) is 5.75. The van der Waals surface area contributed by atoms with Gasteiger partial charge in [0, 0.05) is 0 Å². The molecule has 19 heavy (non-hydrogen) atoms. The molecule has 0 aliphatic carbocycles. The number of nitrogens with one attached hydrogen (secondary N) is 1. The fraction of sp³-hybridized carbons (Fsp3) is 0.538. The summed E-state index contributed by atoms with van der Waals surface area (Å²) >= 11 is 0. The molecule has 108 valence electrons. The SMILES string of the molecule is CCC(C)(C)C(NN)c1ccc(C(F)(F)F)c(F)c1. The van der Waals surface area contributed by atoms with Gasteiger partial charge in [-0.1, -0.05) is 26.8 Å². The highest BCUT2D eigenvalue weighted by Gasteiger charge is 2.35. The maximum atomic E-state index is 13.5. The molecule has 6 heteroatoms. The Morgan fingerprint density at radius 2 is 1.84 bits per heavy atom. The molecule has 1 unspecified atom stereocenters. The first-order valence-corrected chi connectivity index (χ1v) is 5.96. The topological polar surface area (TPSA) is 38.0 Å². The molecule has 3 N–H and O–H groups in total. The molecule has 0 aromatic heterocycles. The summed E-state index contributed by atoms with van der Waals surface area (Å²) in [7, 11) is 0. The van der Waals surface area contributed by atoms with Gasteiger partial charge in [-0.25, -0.2) is 4.39 Å². The Balaban J connectivity index is 3.20. The maximum Gasteiger partial charge on any atom is 0.419 e. The minimum atomic E-state index is -4.69. The average molecular weight is 278 g/mol. The molecule has 1 atom stereocenters. The second kappa shape index (κ2) is 5.46.